The average Bonchev–Trinajstić information content (AvgIpc) is 3.51. The molecule has 8 rings (SSSR count). The van der Waals surface area contributed by atoms with Crippen molar-refractivity contribution in [1.82, 2.24) is 0 Å². The molecule has 8 aliphatic rings. The lowest BCUT2D eigenvalue weighted by Crippen LogP contribution is -2.66. The maximum atomic E-state index is 12.9. The molecule has 16 nitrogen and oxygen atoms in total. The van der Waals surface area contributed by atoms with Gasteiger partial charge in [-0.15, -0.1) is 0 Å². The largest absolute Gasteiger partial charge is 0.460 e. The smallest absolute Gasteiger partial charge is 0.332 e. The van der Waals surface area contributed by atoms with Gasteiger partial charge in [0.1, 0.15) is 55.4 Å². The molecular formula is C44H72O16. The number of aliphatic hydroxyl groups is 9. The zero-order valence-corrected chi connectivity index (χ0v) is 36.5. The molecule has 5 aliphatic carbocycles. The number of hydrogen-bond donors (Lipinski definition) is 9. The average molecular weight is 857 g/mol. The van der Waals surface area contributed by atoms with Gasteiger partial charge in [-0.25, -0.2) is 4.79 Å². The molecule has 3 heterocycles. The molecule has 8 fully saturated rings. The van der Waals surface area contributed by atoms with E-state index in [1.165, 1.54) is 6.92 Å². The van der Waals surface area contributed by atoms with Crippen LogP contribution in [-0.4, -0.2) is 162 Å². The Bertz CT molecular complexity index is 1620. The summed E-state index contributed by atoms with van der Waals surface area (Å²) in [5, 5.41) is 97.2. The molecule has 0 aromatic rings. The Labute approximate surface area is 352 Å². The summed E-state index contributed by atoms with van der Waals surface area (Å²) in [4.78, 5) is 12.9. The first kappa shape index (κ1) is 45.5. The highest BCUT2D eigenvalue weighted by Gasteiger charge is 2.85. The monoisotopic (exact) mass is 856 g/mol. The highest BCUT2D eigenvalue weighted by atomic mass is 16.8. The Balaban J connectivity index is 1.06. The van der Waals surface area contributed by atoms with Gasteiger partial charge in [-0.3, -0.25) is 0 Å². The lowest BCUT2D eigenvalue weighted by Gasteiger charge is -2.64. The Morgan fingerprint density at radius 3 is 2.10 bits per heavy atom. The number of rotatable bonds is 9. The third kappa shape index (κ3) is 6.46. The SMILES string of the molecule is CC1OC(OC2C(OC3CCC45CC46CCC4(C)C(C7(C)CCC(C(C)(C)O)O7)C(OC(=O)CO)CC4(C)C6CC(O)C5C3(C)C)OC(CO)C(O)C2O)C(O)C(O)C1O. The second-order valence-electron chi connectivity index (χ2n) is 22.1. The molecule has 0 bridgehead atoms. The Kier molecular flexibility index (Phi) is 11.4. The molecule has 22 unspecified atom stereocenters. The molecule has 60 heavy (non-hydrogen) atoms. The molecule has 0 amide bonds. The van der Waals surface area contributed by atoms with Gasteiger partial charge in [0.05, 0.1) is 42.2 Å². The highest BCUT2D eigenvalue weighted by Crippen LogP contribution is 2.89. The summed E-state index contributed by atoms with van der Waals surface area (Å²) in [7, 11) is 0. The third-order valence-corrected chi connectivity index (χ3v) is 18.3. The number of esters is 1. The van der Waals surface area contributed by atoms with Crippen LogP contribution in [0.15, 0.2) is 0 Å². The van der Waals surface area contributed by atoms with Gasteiger partial charge in [0, 0.05) is 5.92 Å². The first-order valence-corrected chi connectivity index (χ1v) is 22.4. The van der Waals surface area contributed by atoms with E-state index in [1.54, 1.807) is 13.8 Å². The quantitative estimate of drug-likeness (QED) is 0.114. The van der Waals surface area contributed by atoms with Crippen LogP contribution in [0.1, 0.15) is 113 Å². The summed E-state index contributed by atoms with van der Waals surface area (Å²) < 4.78 is 37.5. The topological polar surface area (TPSA) is 255 Å². The van der Waals surface area contributed by atoms with Crippen LogP contribution in [-0.2, 0) is 33.2 Å². The Morgan fingerprint density at radius 2 is 1.47 bits per heavy atom. The maximum absolute atomic E-state index is 12.9. The van der Waals surface area contributed by atoms with Crippen LogP contribution in [0.4, 0.5) is 0 Å². The molecule has 2 spiro atoms. The van der Waals surface area contributed by atoms with Crippen molar-refractivity contribution >= 4 is 5.97 Å². The number of carbonyl (C=O) groups excluding carboxylic acids is 1. The molecular weight excluding hydrogens is 784 g/mol. The highest BCUT2D eigenvalue weighted by molar-refractivity contribution is 5.70. The summed E-state index contributed by atoms with van der Waals surface area (Å²) in [5.74, 6) is -0.977. The fraction of sp³-hybridized carbons (Fsp3) is 0.977. The van der Waals surface area contributed by atoms with Crippen molar-refractivity contribution in [2.24, 2.45) is 44.8 Å². The molecule has 16 heteroatoms. The van der Waals surface area contributed by atoms with E-state index >= 15 is 0 Å². The van der Waals surface area contributed by atoms with Crippen LogP contribution in [0, 0.1) is 44.8 Å². The number of fused-ring (bicyclic) bond motifs is 2. The van der Waals surface area contributed by atoms with Crippen molar-refractivity contribution in [2.45, 2.75) is 210 Å². The van der Waals surface area contributed by atoms with Gasteiger partial charge in [-0.2, -0.15) is 0 Å². The molecule has 0 aromatic carbocycles. The Hall–Kier alpha value is -1.09. The molecule has 0 aromatic heterocycles. The van der Waals surface area contributed by atoms with E-state index in [-0.39, 0.29) is 45.5 Å². The van der Waals surface area contributed by atoms with Crippen LogP contribution >= 0.6 is 0 Å². The fourth-order valence-corrected chi connectivity index (χ4v) is 15.4. The number of ether oxygens (including phenoxy) is 6. The predicted octanol–water partition coefficient (Wildman–Crippen LogP) is 0.656. The van der Waals surface area contributed by atoms with E-state index in [9.17, 15) is 50.8 Å². The van der Waals surface area contributed by atoms with Crippen molar-refractivity contribution in [3.8, 4) is 0 Å². The van der Waals surface area contributed by atoms with Crippen LogP contribution in [0.5, 0.6) is 0 Å². The van der Waals surface area contributed by atoms with Crippen molar-refractivity contribution in [2.75, 3.05) is 13.2 Å². The van der Waals surface area contributed by atoms with Crippen LogP contribution in [0.25, 0.3) is 0 Å². The Morgan fingerprint density at radius 1 is 0.767 bits per heavy atom. The molecule has 22 atom stereocenters. The van der Waals surface area contributed by atoms with Gasteiger partial charge < -0.3 is 74.4 Å². The second-order valence-corrected chi connectivity index (χ2v) is 22.1. The van der Waals surface area contributed by atoms with Gasteiger partial charge in [-0.1, -0.05) is 27.7 Å². The van der Waals surface area contributed by atoms with Gasteiger partial charge >= 0.3 is 5.97 Å². The standard InChI is InChI=1S/C44H72O16/c1-20-28(49)30(51)32(53)36(55-20)59-33-31(52)29(50)23(17-45)57-37(33)58-25-10-12-44-19-43(44)14-13-40(6)35(42(8)11-9-26(60-42)39(4,5)54)22(56-27(48)18-46)16-41(40,7)24(43)15-21(47)34(44)38(25,2)3/h20-26,28-37,45-47,49-54H,9-19H2,1-8H3. The van der Waals surface area contributed by atoms with Gasteiger partial charge in [0.15, 0.2) is 12.6 Å². The van der Waals surface area contributed by atoms with E-state index in [0.717, 1.165) is 25.7 Å². The van der Waals surface area contributed by atoms with Crippen molar-refractivity contribution in [1.29, 1.82) is 0 Å². The summed E-state index contributed by atoms with van der Waals surface area (Å²) in [6, 6.07) is 0. The van der Waals surface area contributed by atoms with E-state index in [4.69, 9.17) is 28.4 Å². The lowest BCUT2D eigenvalue weighted by atomic mass is 9.41. The molecule has 344 valence electrons. The van der Waals surface area contributed by atoms with E-state index < -0.39 is 116 Å². The minimum Gasteiger partial charge on any atom is -0.460 e. The first-order chi connectivity index (χ1) is 27.9. The van der Waals surface area contributed by atoms with E-state index in [2.05, 4.69) is 34.6 Å². The summed E-state index contributed by atoms with van der Waals surface area (Å²) in [6.45, 7) is 14.6. The van der Waals surface area contributed by atoms with Crippen molar-refractivity contribution in [3.05, 3.63) is 0 Å². The van der Waals surface area contributed by atoms with E-state index in [0.29, 0.717) is 32.1 Å². The zero-order valence-electron chi connectivity index (χ0n) is 36.5. The third-order valence-electron chi connectivity index (χ3n) is 18.3. The number of hydrogen-bond acceptors (Lipinski definition) is 16. The number of carbonyl (C=O) groups is 1. The molecule has 9 N–H and O–H groups in total. The molecule has 0 radical (unpaired) electrons. The van der Waals surface area contributed by atoms with Crippen molar-refractivity contribution in [3.63, 3.8) is 0 Å². The minimum atomic E-state index is -1.69. The van der Waals surface area contributed by atoms with Gasteiger partial charge in [0.2, 0.25) is 0 Å². The fourth-order valence-electron chi connectivity index (χ4n) is 15.4. The van der Waals surface area contributed by atoms with Crippen LogP contribution in [0.3, 0.4) is 0 Å². The molecule has 5 saturated carbocycles. The number of aliphatic hydroxyl groups excluding tert-OH is 8. The second kappa shape index (κ2) is 15.0. The lowest BCUT2D eigenvalue weighted by molar-refractivity contribution is -0.376. The summed E-state index contributed by atoms with van der Waals surface area (Å²) in [5.41, 5.74) is -3.43. The minimum absolute atomic E-state index is 0.0906. The van der Waals surface area contributed by atoms with Gasteiger partial charge in [0.25, 0.3) is 0 Å². The molecule has 3 aliphatic heterocycles. The van der Waals surface area contributed by atoms with Crippen LogP contribution < -0.4 is 0 Å². The summed E-state index contributed by atoms with van der Waals surface area (Å²) >= 11 is 0. The normalized spacial score (nSPS) is 55.9. The predicted molar refractivity (Wildman–Crippen MR) is 209 cm³/mol. The molecule has 3 saturated heterocycles. The summed E-state index contributed by atoms with van der Waals surface area (Å²) in [6.07, 6.45) is -10.0. The first-order valence-electron chi connectivity index (χ1n) is 22.4. The van der Waals surface area contributed by atoms with Crippen molar-refractivity contribution < 1.29 is 79.2 Å². The zero-order chi connectivity index (χ0) is 43.9. The van der Waals surface area contributed by atoms with Crippen LogP contribution in [0.2, 0.25) is 0 Å². The van der Waals surface area contributed by atoms with Gasteiger partial charge in [-0.05, 0) is 124 Å². The van der Waals surface area contributed by atoms with E-state index in [1.807, 2.05) is 0 Å². The maximum Gasteiger partial charge on any atom is 0.332 e.